The molecule has 4 heterocycles. The zero-order chi connectivity index (χ0) is 18.7. The van der Waals surface area contributed by atoms with Crippen LogP contribution >= 0.6 is 0 Å². The van der Waals surface area contributed by atoms with Gasteiger partial charge in [-0.2, -0.15) is 13.2 Å². The van der Waals surface area contributed by atoms with E-state index in [0.29, 0.717) is 12.3 Å². The monoisotopic (exact) mass is 380 g/mol. The first kappa shape index (κ1) is 18.9. The highest BCUT2D eigenvalue weighted by atomic mass is 19.4. The van der Waals surface area contributed by atoms with Crippen molar-refractivity contribution in [1.82, 2.24) is 0 Å². The minimum Gasteiger partial charge on any atom is -0.368 e. The molecule has 0 radical (unpaired) electrons. The topological polar surface area (TPSA) is 57.2 Å². The number of aliphatic hydroxyl groups is 1. The molecule has 26 heavy (non-hydrogen) atoms. The SMILES string of the molecule is C[C@@H]1CC[C@H]2[C@@H](CCCC(F)(F)F)C(O)O[C@@H]3O[C@@]4(C)CC[C@@H]1[C@]32OO4. The molecule has 4 aliphatic heterocycles. The van der Waals surface area contributed by atoms with Gasteiger partial charge in [-0.05, 0) is 50.9 Å². The van der Waals surface area contributed by atoms with Crippen molar-refractivity contribution < 1.29 is 37.5 Å². The number of ether oxygens (including phenoxy) is 2. The fourth-order valence-corrected chi connectivity index (χ4v) is 5.62. The molecule has 8 heteroatoms. The molecule has 8 atom stereocenters. The lowest BCUT2D eigenvalue weighted by atomic mass is 9.57. The van der Waals surface area contributed by atoms with Gasteiger partial charge in [-0.3, -0.25) is 0 Å². The van der Waals surface area contributed by atoms with E-state index in [-0.39, 0.29) is 24.7 Å². The van der Waals surface area contributed by atoms with E-state index < -0.39 is 42.5 Å². The van der Waals surface area contributed by atoms with Crippen LogP contribution in [0.25, 0.3) is 0 Å². The zero-order valence-corrected chi connectivity index (χ0v) is 15.1. The maximum atomic E-state index is 12.6. The van der Waals surface area contributed by atoms with Crippen molar-refractivity contribution in [2.75, 3.05) is 0 Å². The molecule has 5 nitrogen and oxygen atoms in total. The summed E-state index contributed by atoms with van der Waals surface area (Å²) < 4.78 is 49.5. The normalized spacial score (nSPS) is 51.0. The summed E-state index contributed by atoms with van der Waals surface area (Å²) in [6.45, 7) is 3.96. The number of halogens is 3. The first-order valence-electron chi connectivity index (χ1n) is 9.59. The Balaban J connectivity index is 1.61. The van der Waals surface area contributed by atoms with Crippen molar-refractivity contribution in [3.05, 3.63) is 0 Å². The van der Waals surface area contributed by atoms with Crippen molar-refractivity contribution in [2.24, 2.45) is 23.7 Å². The van der Waals surface area contributed by atoms with Gasteiger partial charge in [-0.15, -0.1) is 0 Å². The van der Waals surface area contributed by atoms with Crippen molar-refractivity contribution >= 4 is 0 Å². The molecule has 1 aliphatic carbocycles. The van der Waals surface area contributed by atoms with Gasteiger partial charge in [-0.25, -0.2) is 9.78 Å². The maximum absolute atomic E-state index is 12.6. The van der Waals surface area contributed by atoms with Crippen LogP contribution in [0.5, 0.6) is 0 Å². The lowest BCUT2D eigenvalue weighted by Gasteiger charge is -2.60. The van der Waals surface area contributed by atoms with E-state index in [0.717, 1.165) is 19.3 Å². The third-order valence-electron chi connectivity index (χ3n) is 6.92. The molecule has 150 valence electrons. The fraction of sp³-hybridized carbons (Fsp3) is 1.00. The molecule has 0 amide bonds. The molecule has 5 aliphatic rings. The third kappa shape index (κ3) is 2.98. The highest BCUT2D eigenvalue weighted by molar-refractivity contribution is 5.09. The Morgan fingerprint density at radius 1 is 1.12 bits per heavy atom. The zero-order valence-electron chi connectivity index (χ0n) is 15.1. The molecule has 0 aromatic heterocycles. The molecule has 1 N–H and O–H groups in total. The third-order valence-corrected chi connectivity index (χ3v) is 6.92. The van der Waals surface area contributed by atoms with E-state index in [1.807, 2.05) is 0 Å². The number of aliphatic hydroxyl groups excluding tert-OH is 1. The van der Waals surface area contributed by atoms with E-state index in [1.54, 1.807) is 6.92 Å². The first-order valence-corrected chi connectivity index (χ1v) is 9.59. The molecule has 5 fully saturated rings. The summed E-state index contributed by atoms with van der Waals surface area (Å²) in [7, 11) is 0. The molecular formula is C18H27F3O5. The van der Waals surface area contributed by atoms with Crippen LogP contribution in [-0.4, -0.2) is 35.3 Å². The van der Waals surface area contributed by atoms with Gasteiger partial charge in [0.25, 0.3) is 0 Å². The highest BCUT2D eigenvalue weighted by Gasteiger charge is 2.69. The van der Waals surface area contributed by atoms with Crippen LogP contribution in [0.15, 0.2) is 0 Å². The quantitative estimate of drug-likeness (QED) is 0.753. The molecule has 5 rings (SSSR count). The van der Waals surface area contributed by atoms with Crippen molar-refractivity contribution in [2.45, 2.75) is 88.9 Å². The summed E-state index contributed by atoms with van der Waals surface area (Å²) in [4.78, 5) is 11.6. The lowest BCUT2D eigenvalue weighted by Crippen LogP contribution is -2.70. The molecule has 1 spiro atoms. The van der Waals surface area contributed by atoms with Gasteiger partial charge in [0.15, 0.2) is 18.2 Å². The number of alkyl halides is 3. The minimum absolute atomic E-state index is 0.0362. The fourth-order valence-electron chi connectivity index (χ4n) is 5.62. The second kappa shape index (κ2) is 6.30. The van der Waals surface area contributed by atoms with Gasteiger partial charge < -0.3 is 14.6 Å². The summed E-state index contributed by atoms with van der Waals surface area (Å²) in [5.74, 6) is -0.976. The first-order chi connectivity index (χ1) is 12.1. The molecule has 2 bridgehead atoms. The van der Waals surface area contributed by atoms with Gasteiger partial charge in [0.05, 0.1) is 0 Å². The maximum Gasteiger partial charge on any atom is 0.389 e. The standard InChI is InChI=1S/C18H27F3O5/c1-10-5-6-13-11(4-3-8-17(19,20)21)14(22)23-15-18(13)12(10)7-9-16(2,24-15)25-26-18/h10-15,22H,3-9H2,1-2H3/t10-,11-,12+,13+,14?,15-,16-,18-/m1/s1. The smallest absolute Gasteiger partial charge is 0.368 e. The van der Waals surface area contributed by atoms with Gasteiger partial charge >= 0.3 is 6.18 Å². The Hall–Kier alpha value is -0.410. The van der Waals surface area contributed by atoms with Crippen molar-refractivity contribution in [3.8, 4) is 0 Å². The number of rotatable bonds is 3. The van der Waals surface area contributed by atoms with Crippen LogP contribution in [0.1, 0.15) is 58.8 Å². The van der Waals surface area contributed by atoms with E-state index in [4.69, 9.17) is 19.2 Å². The average molecular weight is 380 g/mol. The van der Waals surface area contributed by atoms with E-state index in [2.05, 4.69) is 6.92 Å². The number of hydrogen-bond donors (Lipinski definition) is 1. The molecule has 0 aromatic rings. The summed E-state index contributed by atoms with van der Waals surface area (Å²) in [5.41, 5.74) is -0.851. The largest absolute Gasteiger partial charge is 0.389 e. The predicted octanol–water partition coefficient (Wildman–Crippen LogP) is 3.90. The Morgan fingerprint density at radius 3 is 2.62 bits per heavy atom. The molecule has 1 saturated carbocycles. The predicted molar refractivity (Wildman–Crippen MR) is 83.3 cm³/mol. The van der Waals surface area contributed by atoms with Gasteiger partial charge in [0.1, 0.15) is 0 Å². The van der Waals surface area contributed by atoms with Crippen molar-refractivity contribution in [3.63, 3.8) is 0 Å². The van der Waals surface area contributed by atoms with Crippen LogP contribution in [-0.2, 0) is 19.2 Å². The summed E-state index contributed by atoms with van der Waals surface area (Å²) in [5, 5.41) is 10.5. The van der Waals surface area contributed by atoms with Crippen LogP contribution in [0, 0.1) is 23.7 Å². The Morgan fingerprint density at radius 2 is 1.88 bits per heavy atom. The second-order valence-corrected chi connectivity index (χ2v) is 8.61. The summed E-state index contributed by atoms with van der Waals surface area (Å²) in [6.07, 6.45) is -3.54. The van der Waals surface area contributed by atoms with Crippen LogP contribution in [0.2, 0.25) is 0 Å². The van der Waals surface area contributed by atoms with Crippen molar-refractivity contribution in [1.29, 1.82) is 0 Å². The minimum atomic E-state index is -4.19. The number of hydrogen-bond acceptors (Lipinski definition) is 5. The lowest BCUT2D eigenvalue weighted by molar-refractivity contribution is -0.577. The Labute approximate surface area is 151 Å². The highest BCUT2D eigenvalue weighted by Crippen LogP contribution is 2.61. The van der Waals surface area contributed by atoms with Gasteiger partial charge in [0.2, 0.25) is 5.79 Å². The molecule has 0 aromatic carbocycles. The van der Waals surface area contributed by atoms with Crippen LogP contribution in [0.3, 0.4) is 0 Å². The Kier molecular flexibility index (Phi) is 4.59. The second-order valence-electron chi connectivity index (χ2n) is 8.61. The summed E-state index contributed by atoms with van der Waals surface area (Å²) >= 11 is 0. The van der Waals surface area contributed by atoms with Gasteiger partial charge in [0, 0.05) is 24.7 Å². The van der Waals surface area contributed by atoms with Crippen LogP contribution < -0.4 is 0 Å². The molecular weight excluding hydrogens is 353 g/mol. The van der Waals surface area contributed by atoms with E-state index >= 15 is 0 Å². The molecule has 4 saturated heterocycles. The number of fused-ring (bicyclic) bond motifs is 2. The van der Waals surface area contributed by atoms with Gasteiger partial charge in [-0.1, -0.05) is 6.92 Å². The molecule has 1 unspecified atom stereocenters. The van der Waals surface area contributed by atoms with E-state index in [1.165, 1.54) is 0 Å². The Bertz CT molecular complexity index is 543. The summed E-state index contributed by atoms with van der Waals surface area (Å²) in [6, 6.07) is 0. The average Bonchev–Trinajstić information content (AvgIpc) is 2.76. The van der Waals surface area contributed by atoms with Crippen LogP contribution in [0.4, 0.5) is 13.2 Å². The van der Waals surface area contributed by atoms with E-state index in [9.17, 15) is 18.3 Å².